The summed E-state index contributed by atoms with van der Waals surface area (Å²) >= 11 is 5.81. The molecule has 0 fully saturated rings. The normalized spacial score (nSPS) is 15.8. The molecule has 0 aromatic heterocycles. The topological polar surface area (TPSA) is 101 Å². The van der Waals surface area contributed by atoms with Crippen molar-refractivity contribution in [2.24, 2.45) is 5.92 Å². The molecule has 0 heterocycles. The molecule has 0 aliphatic heterocycles. The van der Waals surface area contributed by atoms with Gasteiger partial charge in [-0.15, -0.1) is 0 Å². The second kappa shape index (κ2) is 9.07. The van der Waals surface area contributed by atoms with Crippen LogP contribution in [0.4, 0.5) is 0 Å². The number of hydrogen-bond acceptors (Lipinski definition) is 4. The minimum absolute atomic E-state index is 0.0293. The Hall–Kier alpha value is -2.22. The fraction of sp³-hybridized carbons (Fsp3) is 0.333. The van der Waals surface area contributed by atoms with Crippen molar-refractivity contribution in [1.29, 1.82) is 0 Å². The zero-order valence-electron chi connectivity index (χ0n) is 15.7. The second-order valence-corrected chi connectivity index (χ2v) is 9.50. The van der Waals surface area contributed by atoms with Gasteiger partial charge in [0.25, 0.3) is 0 Å². The average Bonchev–Trinajstić information content (AvgIpc) is 3.07. The summed E-state index contributed by atoms with van der Waals surface area (Å²) in [5, 5.41) is 9.15. The van der Waals surface area contributed by atoms with Crippen LogP contribution in [0.15, 0.2) is 47.4 Å². The standard InChI is InChI=1S/C21H22ClNO5S/c22-18-3-6-20(7-4-18)29(27,28)23-13-15-10-16-2-1-14(9-17(16)11-15)12-19(24)5-8-21(25)26/h1-4,6-7,9,15,23H,5,8,10-13H2,(H,25,26). The zero-order valence-corrected chi connectivity index (χ0v) is 17.3. The van der Waals surface area contributed by atoms with E-state index >= 15 is 0 Å². The van der Waals surface area contributed by atoms with E-state index in [0.29, 0.717) is 11.6 Å². The highest BCUT2D eigenvalue weighted by Crippen LogP contribution is 2.28. The molecule has 1 unspecified atom stereocenters. The van der Waals surface area contributed by atoms with Crippen LogP contribution in [-0.2, 0) is 38.9 Å². The predicted octanol–water partition coefficient (Wildman–Crippen LogP) is 3.01. The Kier molecular flexibility index (Phi) is 6.72. The third-order valence-corrected chi connectivity index (χ3v) is 6.68. The van der Waals surface area contributed by atoms with E-state index in [1.165, 1.54) is 12.1 Å². The number of carboxylic acids is 1. The number of fused-ring (bicyclic) bond motifs is 1. The SMILES string of the molecule is O=C(O)CCC(=O)Cc1ccc2c(c1)CC(CNS(=O)(=O)c1ccc(Cl)cc1)C2. The van der Waals surface area contributed by atoms with Crippen LogP contribution in [0.25, 0.3) is 0 Å². The van der Waals surface area contributed by atoms with Gasteiger partial charge in [-0.25, -0.2) is 13.1 Å². The molecule has 0 saturated carbocycles. The van der Waals surface area contributed by atoms with Crippen LogP contribution in [0.5, 0.6) is 0 Å². The quantitative estimate of drug-likeness (QED) is 0.630. The van der Waals surface area contributed by atoms with Gasteiger partial charge in [0.2, 0.25) is 10.0 Å². The number of ketones is 1. The Morgan fingerprint density at radius 3 is 2.41 bits per heavy atom. The van der Waals surface area contributed by atoms with Crippen molar-refractivity contribution in [3.05, 3.63) is 64.2 Å². The van der Waals surface area contributed by atoms with Gasteiger partial charge in [0.1, 0.15) is 5.78 Å². The smallest absolute Gasteiger partial charge is 0.303 e. The maximum Gasteiger partial charge on any atom is 0.303 e. The first-order valence-electron chi connectivity index (χ1n) is 9.32. The maximum absolute atomic E-state index is 12.4. The number of nitrogens with one attached hydrogen (secondary N) is 1. The number of carboxylic acid groups (broad SMARTS) is 1. The summed E-state index contributed by atoms with van der Waals surface area (Å²) in [6.45, 7) is 0.326. The fourth-order valence-corrected chi connectivity index (χ4v) is 4.75. The Morgan fingerprint density at radius 2 is 1.72 bits per heavy atom. The summed E-state index contributed by atoms with van der Waals surface area (Å²) in [6, 6.07) is 11.9. The Morgan fingerprint density at radius 1 is 1.03 bits per heavy atom. The molecule has 1 atom stereocenters. The molecule has 3 rings (SSSR count). The molecular formula is C21H22ClNO5S. The summed E-state index contributed by atoms with van der Waals surface area (Å²) in [6.07, 6.45) is 1.59. The molecule has 8 heteroatoms. The first-order chi connectivity index (χ1) is 13.7. The van der Waals surface area contributed by atoms with Gasteiger partial charge in [0.05, 0.1) is 11.3 Å². The number of carbonyl (C=O) groups excluding carboxylic acids is 1. The number of sulfonamides is 1. The van der Waals surface area contributed by atoms with Crippen LogP contribution >= 0.6 is 11.6 Å². The number of hydrogen-bond donors (Lipinski definition) is 2. The summed E-state index contributed by atoms with van der Waals surface area (Å²) in [4.78, 5) is 22.7. The molecule has 2 aromatic carbocycles. The first-order valence-corrected chi connectivity index (χ1v) is 11.2. The lowest BCUT2D eigenvalue weighted by Crippen LogP contribution is -2.29. The molecule has 0 saturated heterocycles. The highest BCUT2D eigenvalue weighted by atomic mass is 35.5. The molecule has 0 spiro atoms. The molecular weight excluding hydrogens is 414 g/mol. The number of benzene rings is 2. The number of rotatable bonds is 9. The molecule has 154 valence electrons. The fourth-order valence-electron chi connectivity index (χ4n) is 3.50. The molecule has 2 N–H and O–H groups in total. The molecule has 0 radical (unpaired) electrons. The van der Waals surface area contributed by atoms with Crippen molar-refractivity contribution >= 4 is 33.4 Å². The number of carbonyl (C=O) groups is 2. The van der Waals surface area contributed by atoms with E-state index < -0.39 is 16.0 Å². The van der Waals surface area contributed by atoms with Crippen LogP contribution < -0.4 is 4.72 Å². The van der Waals surface area contributed by atoms with Gasteiger partial charge in [0, 0.05) is 24.4 Å². The van der Waals surface area contributed by atoms with Gasteiger partial charge < -0.3 is 5.11 Å². The summed E-state index contributed by atoms with van der Waals surface area (Å²) < 4.78 is 27.5. The zero-order chi connectivity index (χ0) is 21.0. The van der Waals surface area contributed by atoms with Crippen molar-refractivity contribution in [1.82, 2.24) is 4.72 Å². The third kappa shape index (κ3) is 5.88. The van der Waals surface area contributed by atoms with Crippen molar-refractivity contribution in [3.63, 3.8) is 0 Å². The summed E-state index contributed by atoms with van der Waals surface area (Å²) in [7, 11) is -3.59. The number of Topliss-reactive ketones (excluding diaryl/α,β-unsaturated/α-hetero) is 1. The summed E-state index contributed by atoms with van der Waals surface area (Å²) in [5.41, 5.74) is 3.13. The maximum atomic E-state index is 12.4. The van der Waals surface area contributed by atoms with Crippen LogP contribution in [0.1, 0.15) is 29.5 Å². The van der Waals surface area contributed by atoms with Crippen molar-refractivity contribution in [3.8, 4) is 0 Å². The monoisotopic (exact) mass is 435 g/mol. The van der Waals surface area contributed by atoms with Crippen LogP contribution in [0, 0.1) is 5.92 Å². The lowest BCUT2D eigenvalue weighted by molar-refractivity contribution is -0.138. The number of halogens is 1. The van der Waals surface area contributed by atoms with E-state index in [4.69, 9.17) is 16.7 Å². The molecule has 29 heavy (non-hydrogen) atoms. The van der Waals surface area contributed by atoms with Gasteiger partial charge in [-0.2, -0.15) is 0 Å². The van der Waals surface area contributed by atoms with E-state index in [2.05, 4.69) is 4.72 Å². The van der Waals surface area contributed by atoms with E-state index in [0.717, 1.165) is 29.5 Å². The molecule has 0 amide bonds. The van der Waals surface area contributed by atoms with Crippen LogP contribution in [0.3, 0.4) is 0 Å². The largest absolute Gasteiger partial charge is 0.481 e. The lowest BCUT2D eigenvalue weighted by Gasteiger charge is -2.11. The highest BCUT2D eigenvalue weighted by molar-refractivity contribution is 7.89. The van der Waals surface area contributed by atoms with E-state index in [-0.39, 0.29) is 35.9 Å². The van der Waals surface area contributed by atoms with Gasteiger partial charge in [0.15, 0.2) is 0 Å². The van der Waals surface area contributed by atoms with Gasteiger partial charge in [-0.1, -0.05) is 29.8 Å². The van der Waals surface area contributed by atoms with Gasteiger partial charge in [-0.05, 0) is 59.7 Å². The van der Waals surface area contributed by atoms with Crippen LogP contribution in [-0.4, -0.2) is 31.8 Å². The minimum Gasteiger partial charge on any atom is -0.481 e. The lowest BCUT2D eigenvalue weighted by atomic mass is 10.0. The van der Waals surface area contributed by atoms with Crippen molar-refractivity contribution < 1.29 is 23.1 Å². The Bertz CT molecular complexity index is 1020. The van der Waals surface area contributed by atoms with Crippen molar-refractivity contribution in [2.45, 2.75) is 37.0 Å². The third-order valence-electron chi connectivity index (χ3n) is 4.99. The van der Waals surface area contributed by atoms with Crippen molar-refractivity contribution in [2.75, 3.05) is 6.54 Å². The molecule has 0 bridgehead atoms. The predicted molar refractivity (Wildman–Crippen MR) is 110 cm³/mol. The average molecular weight is 436 g/mol. The molecule has 2 aromatic rings. The minimum atomic E-state index is -3.59. The highest BCUT2D eigenvalue weighted by Gasteiger charge is 2.24. The van der Waals surface area contributed by atoms with E-state index in [9.17, 15) is 18.0 Å². The van der Waals surface area contributed by atoms with Gasteiger partial charge in [-0.3, -0.25) is 9.59 Å². The number of aliphatic carboxylic acids is 1. The molecule has 6 nitrogen and oxygen atoms in total. The Labute approximate surface area is 174 Å². The van der Waals surface area contributed by atoms with E-state index in [1.807, 2.05) is 18.2 Å². The molecule has 1 aliphatic rings. The molecule has 1 aliphatic carbocycles. The summed E-state index contributed by atoms with van der Waals surface area (Å²) in [5.74, 6) is -0.932. The van der Waals surface area contributed by atoms with Crippen LogP contribution in [0.2, 0.25) is 5.02 Å². The van der Waals surface area contributed by atoms with Gasteiger partial charge >= 0.3 is 5.97 Å². The Balaban J connectivity index is 1.56. The first kappa shape index (κ1) is 21.5. The van der Waals surface area contributed by atoms with E-state index in [1.54, 1.807) is 12.1 Å². The second-order valence-electron chi connectivity index (χ2n) is 7.29.